The summed E-state index contributed by atoms with van der Waals surface area (Å²) in [5.41, 5.74) is 16.1. The van der Waals surface area contributed by atoms with E-state index < -0.39 is 0 Å². The highest BCUT2D eigenvalue weighted by Gasteiger charge is 2.20. The number of rotatable bonds is 7. The molecule has 5 heteroatoms. The number of para-hydroxylation sites is 2. The molecule has 5 nitrogen and oxygen atoms in total. The Morgan fingerprint density at radius 1 is 0.306 bits per heavy atom. The normalized spacial score (nSPS) is 11.5. The van der Waals surface area contributed by atoms with Gasteiger partial charge in [0.05, 0.1) is 33.5 Å². The molecular formula is C57H37N5. The Labute approximate surface area is 358 Å². The van der Waals surface area contributed by atoms with Crippen molar-refractivity contribution in [3.63, 3.8) is 0 Å². The number of pyridine rings is 1. The van der Waals surface area contributed by atoms with Crippen LogP contribution in [-0.4, -0.2) is 24.1 Å². The van der Waals surface area contributed by atoms with Gasteiger partial charge in [-0.05, 0) is 77.4 Å². The van der Waals surface area contributed by atoms with Gasteiger partial charge in [-0.15, -0.1) is 0 Å². The first kappa shape index (κ1) is 35.5. The second kappa shape index (κ2) is 14.7. The van der Waals surface area contributed by atoms with Crippen LogP contribution < -0.4 is 0 Å². The molecule has 0 unspecified atom stereocenters. The molecule has 0 spiro atoms. The van der Waals surface area contributed by atoms with E-state index >= 15 is 0 Å². The van der Waals surface area contributed by atoms with Gasteiger partial charge in [-0.25, -0.2) is 9.97 Å². The third kappa shape index (κ3) is 5.98. The Morgan fingerprint density at radius 2 is 0.823 bits per heavy atom. The first-order chi connectivity index (χ1) is 30.7. The number of aromatic nitrogens is 5. The summed E-state index contributed by atoms with van der Waals surface area (Å²) in [7, 11) is 0. The molecule has 0 radical (unpaired) electrons. The third-order valence-corrected chi connectivity index (χ3v) is 12.0. The maximum Gasteiger partial charge on any atom is 0.160 e. The zero-order valence-corrected chi connectivity index (χ0v) is 33.6. The second-order valence-electron chi connectivity index (χ2n) is 15.7. The molecule has 12 aromatic rings. The molecule has 0 aliphatic heterocycles. The minimum Gasteiger partial charge on any atom is -0.309 e. The smallest absolute Gasteiger partial charge is 0.160 e. The van der Waals surface area contributed by atoms with Gasteiger partial charge >= 0.3 is 0 Å². The van der Waals surface area contributed by atoms with Crippen LogP contribution in [0.5, 0.6) is 0 Å². The van der Waals surface area contributed by atoms with Crippen LogP contribution in [0.15, 0.2) is 225 Å². The molecule has 8 aromatic carbocycles. The molecule has 0 bridgehead atoms. The van der Waals surface area contributed by atoms with Crippen molar-refractivity contribution in [1.82, 2.24) is 24.1 Å². The number of benzene rings is 8. The SMILES string of the molecule is c1ccc(-c2cc(-c3ccccc3)nc(-c3cccc(-n4c5ccccc5c5cc(-c6ccc7c(c6)c6cncc(-c8ccccc8)c6n7-c6ccccc6)ccc54)c3)n2)cc1. The minimum atomic E-state index is 0.685. The summed E-state index contributed by atoms with van der Waals surface area (Å²) in [6, 6.07) is 75.0. The number of nitrogens with zero attached hydrogens (tertiary/aromatic N) is 5. The first-order valence-electron chi connectivity index (χ1n) is 20.9. The van der Waals surface area contributed by atoms with Crippen molar-refractivity contribution in [3.8, 4) is 67.5 Å². The molecule has 0 saturated carbocycles. The van der Waals surface area contributed by atoms with Crippen molar-refractivity contribution >= 4 is 43.6 Å². The van der Waals surface area contributed by atoms with E-state index in [1.165, 1.54) is 16.2 Å². The Kier molecular flexibility index (Phi) is 8.42. The second-order valence-corrected chi connectivity index (χ2v) is 15.7. The zero-order valence-electron chi connectivity index (χ0n) is 33.6. The zero-order chi connectivity index (χ0) is 41.0. The quantitative estimate of drug-likeness (QED) is 0.162. The van der Waals surface area contributed by atoms with E-state index in [1.54, 1.807) is 0 Å². The molecule has 4 aromatic heterocycles. The lowest BCUT2D eigenvalue weighted by Crippen LogP contribution is -1.98. The Morgan fingerprint density at radius 3 is 1.48 bits per heavy atom. The molecule has 0 aliphatic carbocycles. The van der Waals surface area contributed by atoms with Gasteiger partial charge < -0.3 is 9.13 Å². The maximum absolute atomic E-state index is 5.15. The van der Waals surface area contributed by atoms with Crippen LogP contribution in [0.3, 0.4) is 0 Å². The highest BCUT2D eigenvalue weighted by molar-refractivity contribution is 6.15. The minimum absolute atomic E-state index is 0.685. The molecule has 0 amide bonds. The molecule has 0 saturated heterocycles. The van der Waals surface area contributed by atoms with Gasteiger partial charge in [0.15, 0.2) is 5.82 Å². The monoisotopic (exact) mass is 791 g/mol. The third-order valence-electron chi connectivity index (χ3n) is 12.0. The van der Waals surface area contributed by atoms with Crippen LogP contribution in [0.4, 0.5) is 0 Å². The number of hydrogen-bond donors (Lipinski definition) is 0. The molecular weight excluding hydrogens is 755 g/mol. The van der Waals surface area contributed by atoms with Crippen molar-refractivity contribution in [3.05, 3.63) is 225 Å². The summed E-state index contributed by atoms with van der Waals surface area (Å²) in [4.78, 5) is 15.1. The summed E-state index contributed by atoms with van der Waals surface area (Å²) in [5.74, 6) is 0.685. The van der Waals surface area contributed by atoms with Gasteiger partial charge in [-0.1, -0.05) is 152 Å². The van der Waals surface area contributed by atoms with Crippen LogP contribution in [0, 0.1) is 0 Å². The summed E-state index contributed by atoms with van der Waals surface area (Å²) in [5, 5.41) is 4.68. The summed E-state index contributed by atoms with van der Waals surface area (Å²) in [6.07, 6.45) is 4.01. The Bertz CT molecular complexity index is 3550. The molecule has 0 fully saturated rings. The van der Waals surface area contributed by atoms with E-state index in [0.717, 1.165) is 89.2 Å². The fourth-order valence-corrected chi connectivity index (χ4v) is 9.12. The van der Waals surface area contributed by atoms with Crippen molar-refractivity contribution in [2.24, 2.45) is 0 Å². The Hall–Kier alpha value is -8.41. The molecule has 290 valence electrons. The molecule has 0 aliphatic rings. The van der Waals surface area contributed by atoms with Crippen molar-refractivity contribution < 1.29 is 0 Å². The summed E-state index contributed by atoms with van der Waals surface area (Å²) >= 11 is 0. The predicted molar refractivity (Wildman–Crippen MR) is 256 cm³/mol. The number of fused-ring (bicyclic) bond motifs is 6. The van der Waals surface area contributed by atoms with E-state index in [1.807, 2.05) is 24.5 Å². The maximum atomic E-state index is 5.15. The van der Waals surface area contributed by atoms with E-state index in [-0.39, 0.29) is 0 Å². The topological polar surface area (TPSA) is 48.5 Å². The highest BCUT2D eigenvalue weighted by atomic mass is 15.0. The average Bonchev–Trinajstić information content (AvgIpc) is 3.87. The van der Waals surface area contributed by atoms with Crippen molar-refractivity contribution in [2.45, 2.75) is 0 Å². The Balaban J connectivity index is 1.00. The fourth-order valence-electron chi connectivity index (χ4n) is 9.12. The van der Waals surface area contributed by atoms with Gasteiger partial charge in [-0.3, -0.25) is 4.98 Å². The largest absolute Gasteiger partial charge is 0.309 e. The van der Waals surface area contributed by atoms with Crippen LogP contribution in [0.2, 0.25) is 0 Å². The van der Waals surface area contributed by atoms with E-state index in [4.69, 9.17) is 15.0 Å². The van der Waals surface area contributed by atoms with Crippen LogP contribution in [0.25, 0.3) is 111 Å². The lowest BCUT2D eigenvalue weighted by molar-refractivity contribution is 1.16. The standard InChI is InChI=1S/C57H37N5/c1-5-16-38(17-6-1)49-36-58-37-50-48-34-42(29-31-55(48)62(56(49)50)44-23-11-4-12-24-44)41-28-30-54-47(33-41)46-26-13-14-27-53(46)61(54)45-25-15-22-43(32-45)57-59-51(39-18-7-2-8-19-39)35-52(60-57)40-20-9-3-10-21-40/h1-37H. The van der Waals surface area contributed by atoms with Gasteiger partial charge in [0.1, 0.15) is 0 Å². The molecule has 62 heavy (non-hydrogen) atoms. The average molecular weight is 792 g/mol. The van der Waals surface area contributed by atoms with Crippen molar-refractivity contribution in [2.75, 3.05) is 0 Å². The number of hydrogen-bond acceptors (Lipinski definition) is 3. The lowest BCUT2D eigenvalue weighted by atomic mass is 10.00. The first-order valence-corrected chi connectivity index (χ1v) is 20.9. The van der Waals surface area contributed by atoms with E-state index in [0.29, 0.717) is 5.82 Å². The van der Waals surface area contributed by atoms with Gasteiger partial charge in [0, 0.05) is 67.6 Å². The molecule has 12 rings (SSSR count). The lowest BCUT2D eigenvalue weighted by Gasteiger charge is -2.12. The van der Waals surface area contributed by atoms with E-state index in [2.05, 4.69) is 209 Å². The van der Waals surface area contributed by atoms with Crippen LogP contribution in [0.1, 0.15) is 0 Å². The predicted octanol–water partition coefficient (Wildman–Crippen LogP) is 14.4. The highest BCUT2D eigenvalue weighted by Crippen LogP contribution is 2.41. The van der Waals surface area contributed by atoms with Crippen LogP contribution >= 0.6 is 0 Å². The summed E-state index contributed by atoms with van der Waals surface area (Å²) < 4.78 is 4.75. The molecule has 4 heterocycles. The van der Waals surface area contributed by atoms with Gasteiger partial charge in [0.25, 0.3) is 0 Å². The van der Waals surface area contributed by atoms with Gasteiger partial charge in [0.2, 0.25) is 0 Å². The van der Waals surface area contributed by atoms with Crippen LogP contribution in [-0.2, 0) is 0 Å². The molecule has 0 N–H and O–H groups in total. The molecule has 0 atom stereocenters. The van der Waals surface area contributed by atoms with Gasteiger partial charge in [-0.2, -0.15) is 0 Å². The van der Waals surface area contributed by atoms with Crippen molar-refractivity contribution in [1.29, 1.82) is 0 Å². The summed E-state index contributed by atoms with van der Waals surface area (Å²) in [6.45, 7) is 0. The van der Waals surface area contributed by atoms with E-state index in [9.17, 15) is 0 Å². The fraction of sp³-hybridized carbons (Fsp3) is 0.